The van der Waals surface area contributed by atoms with Crippen molar-refractivity contribution < 1.29 is 10.2 Å². The van der Waals surface area contributed by atoms with Gasteiger partial charge in [-0.15, -0.1) is 0 Å². The smallest absolute Gasteiger partial charge is 0.0728 e. The van der Waals surface area contributed by atoms with Crippen LogP contribution in [-0.4, -0.2) is 21.9 Å². The number of aliphatic hydroxyl groups excluding tert-OH is 1. The third-order valence-electron chi connectivity index (χ3n) is 5.61. The summed E-state index contributed by atoms with van der Waals surface area (Å²) in [4.78, 5) is 0. The lowest BCUT2D eigenvalue weighted by Crippen LogP contribution is -2.55. The van der Waals surface area contributed by atoms with Crippen LogP contribution >= 0.6 is 0 Å². The van der Waals surface area contributed by atoms with Crippen molar-refractivity contribution in [3.05, 3.63) is 11.6 Å². The largest absolute Gasteiger partial charge is 0.392 e. The summed E-state index contributed by atoms with van der Waals surface area (Å²) in [5.41, 5.74) is 0.197. The summed E-state index contributed by atoms with van der Waals surface area (Å²) in [6.45, 7) is 8.12. The Hall–Kier alpha value is -0.340. The van der Waals surface area contributed by atoms with E-state index in [4.69, 9.17) is 0 Å². The molecule has 0 aromatic heterocycles. The maximum atomic E-state index is 10.8. The number of hydrogen-bond acceptors (Lipinski definition) is 2. The predicted octanol–water partition coefficient (Wildman–Crippen LogP) is 2.89. The third-order valence-corrected chi connectivity index (χ3v) is 5.61. The lowest BCUT2D eigenvalue weighted by atomic mass is 9.61. The number of rotatable bonds is 3. The quantitative estimate of drug-likeness (QED) is 0.742. The molecule has 2 bridgehead atoms. The molecule has 2 nitrogen and oxygen atoms in total. The molecule has 2 fully saturated rings. The lowest BCUT2D eigenvalue weighted by molar-refractivity contribution is -0.154. The van der Waals surface area contributed by atoms with Crippen LogP contribution < -0.4 is 0 Å². The Morgan fingerprint density at radius 2 is 1.88 bits per heavy atom. The summed E-state index contributed by atoms with van der Waals surface area (Å²) in [5, 5.41) is 21.3. The van der Waals surface area contributed by atoms with Crippen molar-refractivity contribution in [2.24, 2.45) is 17.3 Å². The Kier molecular flexibility index (Phi) is 3.16. The molecule has 2 saturated carbocycles. The zero-order chi connectivity index (χ0) is 12.8. The fraction of sp³-hybridized carbons (Fsp3) is 0.867. The molecule has 0 saturated heterocycles. The zero-order valence-corrected chi connectivity index (χ0v) is 11.5. The van der Waals surface area contributed by atoms with Crippen molar-refractivity contribution in [2.75, 3.05) is 0 Å². The van der Waals surface area contributed by atoms with Crippen molar-refractivity contribution in [1.82, 2.24) is 0 Å². The van der Waals surface area contributed by atoms with Crippen LogP contribution in [-0.2, 0) is 0 Å². The number of aliphatic hydroxyl groups is 2. The van der Waals surface area contributed by atoms with E-state index in [2.05, 4.69) is 13.0 Å². The Morgan fingerprint density at radius 3 is 2.35 bits per heavy atom. The molecule has 0 aromatic carbocycles. The molecule has 0 amide bonds. The van der Waals surface area contributed by atoms with Gasteiger partial charge >= 0.3 is 0 Å². The van der Waals surface area contributed by atoms with Gasteiger partial charge in [-0.25, -0.2) is 0 Å². The van der Waals surface area contributed by atoms with E-state index in [0.717, 1.165) is 12.8 Å². The molecule has 0 aromatic rings. The Balaban J connectivity index is 2.20. The fourth-order valence-electron chi connectivity index (χ4n) is 4.09. The lowest BCUT2D eigenvalue weighted by Gasteiger charge is -2.49. The van der Waals surface area contributed by atoms with Crippen LogP contribution in [0.25, 0.3) is 0 Å². The third kappa shape index (κ3) is 1.77. The van der Waals surface area contributed by atoms with E-state index in [1.54, 1.807) is 0 Å². The van der Waals surface area contributed by atoms with Gasteiger partial charge in [0.2, 0.25) is 0 Å². The molecule has 5 atom stereocenters. The van der Waals surface area contributed by atoms with Crippen LogP contribution in [0.15, 0.2) is 11.6 Å². The van der Waals surface area contributed by atoms with Crippen LogP contribution in [0.5, 0.6) is 0 Å². The molecular weight excluding hydrogens is 212 g/mol. The van der Waals surface area contributed by atoms with E-state index < -0.39 is 11.7 Å². The van der Waals surface area contributed by atoms with E-state index in [9.17, 15) is 10.2 Å². The van der Waals surface area contributed by atoms with Crippen molar-refractivity contribution in [2.45, 2.75) is 65.1 Å². The van der Waals surface area contributed by atoms with Gasteiger partial charge < -0.3 is 10.2 Å². The normalized spacial score (nSPS) is 46.0. The highest BCUT2D eigenvalue weighted by atomic mass is 16.3. The maximum Gasteiger partial charge on any atom is 0.0728 e. The van der Waals surface area contributed by atoms with Crippen LogP contribution in [0.4, 0.5) is 0 Å². The van der Waals surface area contributed by atoms with Crippen LogP contribution in [0.3, 0.4) is 0 Å². The van der Waals surface area contributed by atoms with E-state index in [0.29, 0.717) is 18.3 Å². The highest BCUT2D eigenvalue weighted by Gasteiger charge is 2.64. The topological polar surface area (TPSA) is 40.5 Å². The maximum absolute atomic E-state index is 10.8. The standard InChI is InChI=1S/C15H26O2/c1-10(2)5-8-13(16)14(3)11-6-7-12(9-11)15(14,4)17/h5,11-13,16-17H,6-9H2,1-4H3/t11?,12?,13-,14-,15-/m1/s1. The van der Waals surface area contributed by atoms with Gasteiger partial charge in [-0.2, -0.15) is 0 Å². The molecule has 0 radical (unpaired) electrons. The molecule has 2 unspecified atom stereocenters. The molecule has 2 aliphatic rings. The van der Waals surface area contributed by atoms with E-state index in [1.807, 2.05) is 20.8 Å². The van der Waals surface area contributed by atoms with Crippen LogP contribution in [0, 0.1) is 17.3 Å². The van der Waals surface area contributed by atoms with Crippen LogP contribution in [0.1, 0.15) is 53.4 Å². The minimum absolute atomic E-state index is 0.331. The minimum atomic E-state index is -0.704. The first-order valence-corrected chi connectivity index (χ1v) is 6.84. The van der Waals surface area contributed by atoms with Gasteiger partial charge in [0.15, 0.2) is 0 Å². The van der Waals surface area contributed by atoms with Crippen LogP contribution in [0.2, 0.25) is 0 Å². The number of hydrogen-bond donors (Lipinski definition) is 2. The second-order valence-corrected chi connectivity index (χ2v) is 6.67. The molecule has 0 spiro atoms. The van der Waals surface area contributed by atoms with Crippen molar-refractivity contribution in [1.29, 1.82) is 0 Å². The van der Waals surface area contributed by atoms with Crippen molar-refractivity contribution in [3.8, 4) is 0 Å². The fourth-order valence-corrected chi connectivity index (χ4v) is 4.09. The molecule has 0 aliphatic heterocycles. The summed E-state index contributed by atoms with van der Waals surface area (Å²) in [7, 11) is 0. The summed E-state index contributed by atoms with van der Waals surface area (Å²) < 4.78 is 0. The first-order valence-electron chi connectivity index (χ1n) is 6.84. The molecule has 0 heterocycles. The molecule has 2 rings (SSSR count). The molecule has 2 N–H and O–H groups in total. The van der Waals surface area contributed by atoms with Gasteiger partial charge in [-0.3, -0.25) is 0 Å². The zero-order valence-electron chi connectivity index (χ0n) is 11.5. The first kappa shape index (κ1) is 13.1. The molecule has 17 heavy (non-hydrogen) atoms. The van der Waals surface area contributed by atoms with E-state index in [-0.39, 0.29) is 5.41 Å². The second kappa shape index (κ2) is 4.10. The molecule has 2 aliphatic carbocycles. The van der Waals surface area contributed by atoms with Gasteiger partial charge in [0, 0.05) is 5.41 Å². The van der Waals surface area contributed by atoms with E-state index in [1.165, 1.54) is 12.0 Å². The van der Waals surface area contributed by atoms with Gasteiger partial charge in [0.25, 0.3) is 0 Å². The van der Waals surface area contributed by atoms with Gasteiger partial charge in [-0.05, 0) is 58.3 Å². The molecule has 2 heteroatoms. The van der Waals surface area contributed by atoms with E-state index >= 15 is 0 Å². The summed E-state index contributed by atoms with van der Waals surface area (Å²) in [5.74, 6) is 0.877. The highest BCUT2D eigenvalue weighted by molar-refractivity contribution is 5.15. The number of allylic oxidation sites excluding steroid dienone is 1. The Bertz CT molecular complexity index is 328. The Morgan fingerprint density at radius 1 is 1.29 bits per heavy atom. The Labute approximate surface area is 105 Å². The van der Waals surface area contributed by atoms with Crippen molar-refractivity contribution >= 4 is 0 Å². The van der Waals surface area contributed by atoms with Gasteiger partial charge in [0.05, 0.1) is 11.7 Å². The first-order chi connectivity index (χ1) is 7.80. The minimum Gasteiger partial charge on any atom is -0.392 e. The van der Waals surface area contributed by atoms with Gasteiger partial charge in [-0.1, -0.05) is 18.6 Å². The summed E-state index contributed by atoms with van der Waals surface area (Å²) in [6, 6.07) is 0. The van der Waals surface area contributed by atoms with Crippen molar-refractivity contribution in [3.63, 3.8) is 0 Å². The van der Waals surface area contributed by atoms with Gasteiger partial charge in [0.1, 0.15) is 0 Å². The highest BCUT2D eigenvalue weighted by Crippen LogP contribution is 2.63. The summed E-state index contributed by atoms with van der Waals surface area (Å²) in [6.07, 6.45) is 5.71. The predicted molar refractivity (Wildman–Crippen MR) is 69.6 cm³/mol. The second-order valence-electron chi connectivity index (χ2n) is 6.67. The molecule has 98 valence electrons. The summed E-state index contributed by atoms with van der Waals surface area (Å²) >= 11 is 0. The SMILES string of the molecule is CC(C)=CC[C@@H](O)[C@@]1(C)C2CCC(C2)[C@@]1(C)O. The number of fused-ring (bicyclic) bond motifs is 2. The molecular formula is C15H26O2. The monoisotopic (exact) mass is 238 g/mol. The average Bonchev–Trinajstić information content (AvgIpc) is 2.78. The average molecular weight is 238 g/mol.